The van der Waals surface area contributed by atoms with Crippen molar-refractivity contribution in [3.05, 3.63) is 11.5 Å². The van der Waals surface area contributed by atoms with Crippen LogP contribution in [0.15, 0.2) is 11.5 Å². The average Bonchev–Trinajstić information content (AvgIpc) is 2.70. The number of hydrogen-bond acceptors (Lipinski definition) is 3. The first-order chi connectivity index (χ1) is 9.08. The molecule has 1 aliphatic heterocycles. The minimum absolute atomic E-state index is 0.594. The summed E-state index contributed by atoms with van der Waals surface area (Å²) >= 11 is 0. The van der Waals surface area contributed by atoms with Crippen LogP contribution < -0.4 is 0 Å². The van der Waals surface area contributed by atoms with Gasteiger partial charge in [0.05, 0.1) is 14.8 Å². The molecule has 1 fully saturated rings. The van der Waals surface area contributed by atoms with Crippen LogP contribution in [-0.4, -0.2) is 63.4 Å². The Kier molecular flexibility index (Phi) is 5.93. The van der Waals surface area contributed by atoms with E-state index in [1.807, 2.05) is 0 Å². The summed E-state index contributed by atoms with van der Waals surface area (Å²) in [5.41, 5.74) is 2.63. The van der Waals surface area contributed by atoms with E-state index in [2.05, 4.69) is 80.7 Å². The third-order valence-corrected chi connectivity index (χ3v) is 12.5. The molecule has 20 heavy (non-hydrogen) atoms. The third kappa shape index (κ3) is 3.89. The van der Waals surface area contributed by atoms with Gasteiger partial charge in [0.1, 0.15) is 8.24 Å². The first-order valence-corrected chi connectivity index (χ1v) is 13.9. The molecule has 0 saturated carbocycles. The fourth-order valence-electron chi connectivity index (χ4n) is 2.90. The van der Waals surface area contributed by atoms with Crippen molar-refractivity contribution in [2.75, 3.05) is 20.1 Å². The lowest BCUT2D eigenvalue weighted by Crippen LogP contribution is -2.51. The summed E-state index contributed by atoms with van der Waals surface area (Å²) in [6.45, 7) is 21.4. The van der Waals surface area contributed by atoms with Gasteiger partial charge in [-0.15, -0.1) is 0 Å². The molecule has 118 valence electrons. The summed E-state index contributed by atoms with van der Waals surface area (Å²) in [5, 5.41) is 0. The quantitative estimate of drug-likeness (QED) is 0.723. The first-order valence-electron chi connectivity index (χ1n) is 8.07. The van der Waals surface area contributed by atoms with Crippen molar-refractivity contribution < 1.29 is 0 Å². The minimum Gasteiger partial charge on any atom is -0.355 e. The number of hydrogen-bond donors (Lipinski definition) is 0. The van der Waals surface area contributed by atoms with E-state index in [9.17, 15) is 0 Å². The van der Waals surface area contributed by atoms with Gasteiger partial charge in [-0.25, -0.2) is 0 Å². The lowest BCUT2D eigenvalue weighted by molar-refractivity contribution is 0.267. The predicted octanol–water partition coefficient (Wildman–Crippen LogP) is 2.92. The van der Waals surface area contributed by atoms with E-state index in [0.717, 1.165) is 0 Å². The topological polar surface area (TPSA) is 9.72 Å². The van der Waals surface area contributed by atoms with Crippen molar-refractivity contribution in [2.45, 2.75) is 66.0 Å². The molecule has 3 nitrogen and oxygen atoms in total. The highest BCUT2D eigenvalue weighted by Crippen LogP contribution is 2.26. The van der Waals surface area contributed by atoms with Crippen molar-refractivity contribution in [3.63, 3.8) is 0 Å². The van der Waals surface area contributed by atoms with Crippen LogP contribution in [-0.2, 0) is 0 Å². The Morgan fingerprint density at radius 1 is 1.05 bits per heavy atom. The molecule has 1 saturated heterocycles. The molecule has 0 aromatic rings. The molecular weight excluding hydrogens is 278 g/mol. The molecule has 0 aliphatic carbocycles. The van der Waals surface area contributed by atoms with Crippen LogP contribution in [0, 0.1) is 0 Å². The molecule has 0 bridgehead atoms. The monoisotopic (exact) mass is 313 g/mol. The van der Waals surface area contributed by atoms with E-state index in [0.29, 0.717) is 12.1 Å². The largest absolute Gasteiger partial charge is 0.355 e. The molecule has 1 aliphatic rings. The van der Waals surface area contributed by atoms with Gasteiger partial charge in [-0.05, 0) is 40.4 Å². The molecular formula is C15H35N3Si2. The van der Waals surface area contributed by atoms with E-state index in [1.54, 1.807) is 0 Å². The summed E-state index contributed by atoms with van der Waals surface area (Å²) in [4.78, 5) is 5.18. The number of rotatable bonds is 5. The highest BCUT2D eigenvalue weighted by atomic mass is 28.4. The van der Waals surface area contributed by atoms with Crippen LogP contribution in [0.3, 0.4) is 0 Å². The van der Waals surface area contributed by atoms with Gasteiger partial charge in [-0.1, -0.05) is 26.2 Å². The van der Waals surface area contributed by atoms with E-state index >= 15 is 0 Å². The molecule has 5 heteroatoms. The highest BCUT2D eigenvalue weighted by molar-refractivity contribution is 6.87. The molecule has 0 aromatic carbocycles. The van der Waals surface area contributed by atoms with Crippen LogP contribution in [0.5, 0.6) is 0 Å². The van der Waals surface area contributed by atoms with Gasteiger partial charge < -0.3 is 14.0 Å². The predicted molar refractivity (Wildman–Crippen MR) is 95.9 cm³/mol. The van der Waals surface area contributed by atoms with Gasteiger partial charge in [-0.2, -0.15) is 0 Å². The molecule has 1 rings (SSSR count). The molecule has 0 atom stereocenters. The smallest absolute Gasteiger partial charge is 0.143 e. The van der Waals surface area contributed by atoms with Gasteiger partial charge in [0.25, 0.3) is 0 Å². The molecule has 0 N–H and O–H groups in total. The zero-order valence-corrected chi connectivity index (χ0v) is 17.2. The Hall–Kier alpha value is -0.266. The number of nitrogens with zero attached hydrogens (tertiary/aromatic N) is 3. The summed E-state index contributed by atoms with van der Waals surface area (Å²) in [7, 11) is 0.155. The Morgan fingerprint density at radius 2 is 1.45 bits per heavy atom. The standard InChI is InChI=1S/C15H35N3Si2/c1-13(2)17-10-11-18(14(3)4)15(17)12-20(8,9)16(5)19(6)7/h12-14,19H,10-11H2,1-9H3. The molecule has 0 aromatic heterocycles. The molecule has 0 radical (unpaired) electrons. The van der Waals surface area contributed by atoms with Crippen LogP contribution in [0.25, 0.3) is 0 Å². The van der Waals surface area contributed by atoms with Crippen LogP contribution >= 0.6 is 0 Å². The van der Waals surface area contributed by atoms with Crippen molar-refractivity contribution in [3.8, 4) is 0 Å². The van der Waals surface area contributed by atoms with Gasteiger partial charge in [0.15, 0.2) is 0 Å². The van der Waals surface area contributed by atoms with Gasteiger partial charge in [0.2, 0.25) is 0 Å². The average molecular weight is 314 g/mol. The van der Waals surface area contributed by atoms with E-state index < -0.39 is 17.2 Å². The van der Waals surface area contributed by atoms with Crippen molar-refractivity contribution in [1.82, 2.24) is 14.0 Å². The molecule has 0 unspecified atom stereocenters. The second kappa shape index (κ2) is 6.66. The first kappa shape index (κ1) is 17.8. The SMILES string of the molecule is CC(C)N1CCN(C(C)C)C1=C[Si](C)(C)N(C)[SiH](C)C. The summed E-state index contributed by atoms with van der Waals surface area (Å²) in [5.74, 6) is 1.49. The van der Waals surface area contributed by atoms with Crippen LogP contribution in [0.1, 0.15) is 27.7 Å². The van der Waals surface area contributed by atoms with Crippen LogP contribution in [0.4, 0.5) is 0 Å². The second-order valence-corrected chi connectivity index (χ2v) is 15.2. The Labute approximate surface area is 129 Å². The zero-order valence-electron chi connectivity index (χ0n) is 15.1. The van der Waals surface area contributed by atoms with Crippen molar-refractivity contribution in [2.24, 2.45) is 0 Å². The normalized spacial score (nSPS) is 17.4. The van der Waals surface area contributed by atoms with Gasteiger partial charge in [-0.3, -0.25) is 0 Å². The Bertz CT molecular complexity index is 333. The maximum atomic E-state index is 2.72. The lowest BCUT2D eigenvalue weighted by Gasteiger charge is -2.38. The lowest BCUT2D eigenvalue weighted by atomic mass is 10.3. The Morgan fingerprint density at radius 3 is 1.75 bits per heavy atom. The zero-order chi connectivity index (χ0) is 15.7. The summed E-state index contributed by atoms with van der Waals surface area (Å²) < 4.78 is 2.72. The molecule has 1 heterocycles. The maximum Gasteiger partial charge on any atom is 0.143 e. The van der Waals surface area contributed by atoms with Crippen molar-refractivity contribution >= 4 is 17.2 Å². The highest BCUT2D eigenvalue weighted by Gasteiger charge is 2.33. The summed E-state index contributed by atoms with van der Waals surface area (Å²) in [6, 6.07) is 1.19. The second-order valence-electron chi connectivity index (χ2n) is 7.44. The molecule has 0 amide bonds. The third-order valence-electron chi connectivity index (χ3n) is 4.58. The fourth-order valence-corrected chi connectivity index (χ4v) is 9.62. The van der Waals surface area contributed by atoms with E-state index in [4.69, 9.17) is 0 Å². The maximum absolute atomic E-state index is 2.72. The van der Waals surface area contributed by atoms with E-state index in [1.165, 1.54) is 18.9 Å². The summed E-state index contributed by atoms with van der Waals surface area (Å²) in [6.07, 6.45) is 0. The Balaban J connectivity index is 3.11. The molecule has 0 spiro atoms. The van der Waals surface area contributed by atoms with Gasteiger partial charge >= 0.3 is 0 Å². The fraction of sp³-hybridized carbons (Fsp3) is 0.867. The van der Waals surface area contributed by atoms with Crippen LogP contribution in [0.2, 0.25) is 26.2 Å². The van der Waals surface area contributed by atoms with Crippen molar-refractivity contribution in [1.29, 1.82) is 0 Å². The minimum atomic E-state index is -1.46. The van der Waals surface area contributed by atoms with Gasteiger partial charge in [0, 0.05) is 25.2 Å². The van der Waals surface area contributed by atoms with E-state index in [-0.39, 0.29) is 0 Å².